The van der Waals surface area contributed by atoms with Crippen LogP contribution in [0.5, 0.6) is 0 Å². The highest BCUT2D eigenvalue weighted by Gasteiger charge is 2.45. The van der Waals surface area contributed by atoms with Crippen molar-refractivity contribution in [3.8, 4) is 0 Å². The molecule has 1 saturated carbocycles. The van der Waals surface area contributed by atoms with E-state index in [2.05, 4.69) is 9.88 Å². The molecule has 3 fully saturated rings. The first kappa shape index (κ1) is 17.1. The predicted octanol–water partition coefficient (Wildman–Crippen LogP) is 2.54. The number of fused-ring (bicyclic) bond motifs is 2. The molecule has 2 aliphatic heterocycles. The van der Waals surface area contributed by atoms with Crippen LogP contribution in [0.15, 0.2) is 36.5 Å². The molecule has 1 aromatic carbocycles. The number of benzene rings is 1. The Labute approximate surface area is 160 Å². The van der Waals surface area contributed by atoms with Crippen molar-refractivity contribution in [3.05, 3.63) is 42.1 Å². The minimum absolute atomic E-state index is 0.107. The minimum atomic E-state index is -0.249. The Bertz CT molecular complexity index is 843. The largest absolute Gasteiger partial charge is 0.391 e. The SMILES string of the molecule is O=C(c1ccnc2ccccc12)N1C[C@H]2C[C@@H](N3CCCC3)[C@H](O)C[C@H]2C1. The summed E-state index contributed by atoms with van der Waals surface area (Å²) in [5.74, 6) is 1.04. The molecule has 5 heteroatoms. The molecule has 142 valence electrons. The summed E-state index contributed by atoms with van der Waals surface area (Å²) in [5.41, 5.74) is 1.61. The second-order valence-corrected chi connectivity index (χ2v) is 8.46. The highest BCUT2D eigenvalue weighted by Crippen LogP contribution is 2.39. The molecule has 3 aliphatic rings. The Morgan fingerprint density at radius 3 is 2.59 bits per heavy atom. The Morgan fingerprint density at radius 1 is 1.04 bits per heavy atom. The quantitative estimate of drug-likeness (QED) is 0.889. The van der Waals surface area contributed by atoms with Crippen LogP contribution in [0.25, 0.3) is 10.9 Å². The Morgan fingerprint density at radius 2 is 1.78 bits per heavy atom. The molecule has 0 radical (unpaired) electrons. The Hall–Kier alpha value is -1.98. The van der Waals surface area contributed by atoms with Gasteiger partial charge in [0.25, 0.3) is 5.91 Å². The maximum Gasteiger partial charge on any atom is 0.254 e. The van der Waals surface area contributed by atoms with Gasteiger partial charge in [0.15, 0.2) is 0 Å². The van der Waals surface area contributed by atoms with E-state index in [4.69, 9.17) is 0 Å². The third kappa shape index (κ3) is 3.03. The molecule has 2 aromatic rings. The zero-order valence-electron chi connectivity index (χ0n) is 15.6. The zero-order valence-corrected chi connectivity index (χ0v) is 15.6. The van der Waals surface area contributed by atoms with Gasteiger partial charge in [0.2, 0.25) is 0 Å². The lowest BCUT2D eigenvalue weighted by Gasteiger charge is -2.40. The number of hydrogen-bond acceptors (Lipinski definition) is 4. The van der Waals surface area contributed by atoms with E-state index in [0.717, 1.165) is 55.5 Å². The first-order valence-corrected chi connectivity index (χ1v) is 10.3. The minimum Gasteiger partial charge on any atom is -0.391 e. The maximum atomic E-state index is 13.2. The van der Waals surface area contributed by atoms with E-state index < -0.39 is 0 Å². The first-order valence-electron chi connectivity index (χ1n) is 10.3. The predicted molar refractivity (Wildman–Crippen MR) is 104 cm³/mol. The molecule has 27 heavy (non-hydrogen) atoms. The first-order chi connectivity index (χ1) is 13.2. The average Bonchev–Trinajstić information content (AvgIpc) is 3.35. The number of likely N-dealkylation sites (tertiary alicyclic amines) is 2. The van der Waals surface area contributed by atoms with Crippen molar-refractivity contribution in [2.75, 3.05) is 26.2 Å². The zero-order chi connectivity index (χ0) is 18.4. The summed E-state index contributed by atoms with van der Waals surface area (Å²) in [6, 6.07) is 9.97. The Balaban J connectivity index is 1.35. The van der Waals surface area contributed by atoms with Gasteiger partial charge in [-0.1, -0.05) is 18.2 Å². The van der Waals surface area contributed by atoms with E-state index in [1.165, 1.54) is 12.8 Å². The molecule has 0 bridgehead atoms. The summed E-state index contributed by atoms with van der Waals surface area (Å²) >= 11 is 0. The topological polar surface area (TPSA) is 56.7 Å². The summed E-state index contributed by atoms with van der Waals surface area (Å²) < 4.78 is 0. The van der Waals surface area contributed by atoms with Crippen LogP contribution in [0, 0.1) is 11.8 Å². The lowest BCUT2D eigenvalue weighted by atomic mass is 9.77. The van der Waals surface area contributed by atoms with E-state index in [1.807, 2.05) is 35.2 Å². The van der Waals surface area contributed by atoms with Crippen LogP contribution >= 0.6 is 0 Å². The lowest BCUT2D eigenvalue weighted by molar-refractivity contribution is -0.000864. The fourth-order valence-corrected chi connectivity index (χ4v) is 5.49. The van der Waals surface area contributed by atoms with Crippen LogP contribution in [0.1, 0.15) is 36.0 Å². The van der Waals surface area contributed by atoms with Crippen molar-refractivity contribution in [2.45, 2.75) is 37.8 Å². The van der Waals surface area contributed by atoms with Crippen molar-refractivity contribution in [3.63, 3.8) is 0 Å². The van der Waals surface area contributed by atoms with E-state index in [9.17, 15) is 9.90 Å². The highest BCUT2D eigenvalue weighted by molar-refractivity contribution is 6.06. The number of aromatic nitrogens is 1. The fraction of sp³-hybridized carbons (Fsp3) is 0.545. The van der Waals surface area contributed by atoms with Gasteiger partial charge >= 0.3 is 0 Å². The number of carbonyl (C=O) groups excluding carboxylic acids is 1. The van der Waals surface area contributed by atoms with Crippen molar-refractivity contribution in [2.24, 2.45) is 11.8 Å². The number of para-hydroxylation sites is 1. The lowest BCUT2D eigenvalue weighted by Crippen LogP contribution is -2.48. The van der Waals surface area contributed by atoms with Gasteiger partial charge in [-0.25, -0.2) is 0 Å². The molecular formula is C22H27N3O2. The van der Waals surface area contributed by atoms with Crippen LogP contribution in [-0.4, -0.2) is 64.1 Å². The molecular weight excluding hydrogens is 338 g/mol. The number of aliphatic hydroxyl groups is 1. The van der Waals surface area contributed by atoms with E-state index in [1.54, 1.807) is 6.20 Å². The number of hydrogen-bond donors (Lipinski definition) is 1. The summed E-state index contributed by atoms with van der Waals surface area (Å²) in [6.07, 6.45) is 5.82. The number of nitrogens with zero attached hydrogens (tertiary/aromatic N) is 3. The Kier molecular flexibility index (Phi) is 4.37. The van der Waals surface area contributed by atoms with Crippen molar-refractivity contribution in [1.29, 1.82) is 0 Å². The maximum absolute atomic E-state index is 13.2. The number of aliphatic hydroxyl groups excluding tert-OH is 1. The standard InChI is InChI=1S/C22H27N3O2/c26-21-12-16-14-25(13-15(16)11-20(21)24-9-3-4-10-24)22(27)18-7-8-23-19-6-2-1-5-17(18)19/h1-2,5-8,15-16,20-21,26H,3-4,9-14H2/t15-,16+,20-,21-/m1/s1. The molecule has 2 saturated heterocycles. The van der Waals surface area contributed by atoms with Crippen molar-refractivity contribution in [1.82, 2.24) is 14.8 Å². The second kappa shape index (κ2) is 6.88. The molecule has 1 aromatic heterocycles. The number of amides is 1. The average molecular weight is 365 g/mol. The van der Waals surface area contributed by atoms with Gasteiger partial charge in [0, 0.05) is 30.7 Å². The summed E-state index contributed by atoms with van der Waals surface area (Å²) in [4.78, 5) is 22.1. The third-order valence-electron chi connectivity index (χ3n) is 6.89. The number of rotatable bonds is 2. The van der Waals surface area contributed by atoms with Gasteiger partial charge < -0.3 is 10.0 Å². The molecule has 5 nitrogen and oxygen atoms in total. The van der Waals surface area contributed by atoms with Gasteiger partial charge in [0.05, 0.1) is 17.2 Å². The van der Waals surface area contributed by atoms with E-state index in [0.29, 0.717) is 11.8 Å². The monoisotopic (exact) mass is 365 g/mol. The summed E-state index contributed by atoms with van der Waals surface area (Å²) in [7, 11) is 0. The molecule has 0 spiro atoms. The molecule has 3 heterocycles. The van der Waals surface area contributed by atoms with Crippen molar-refractivity contribution < 1.29 is 9.90 Å². The van der Waals surface area contributed by atoms with Gasteiger partial charge in [-0.2, -0.15) is 0 Å². The molecule has 1 amide bonds. The number of pyridine rings is 1. The van der Waals surface area contributed by atoms with Gasteiger partial charge in [-0.3, -0.25) is 14.7 Å². The molecule has 4 atom stereocenters. The van der Waals surface area contributed by atoms with E-state index >= 15 is 0 Å². The molecule has 5 rings (SSSR count). The normalized spacial score (nSPS) is 31.4. The van der Waals surface area contributed by atoms with E-state index in [-0.39, 0.29) is 18.1 Å². The smallest absolute Gasteiger partial charge is 0.254 e. The second-order valence-electron chi connectivity index (χ2n) is 8.46. The molecule has 1 N–H and O–H groups in total. The number of carbonyl (C=O) groups is 1. The van der Waals surface area contributed by atoms with Gasteiger partial charge in [0.1, 0.15) is 0 Å². The van der Waals surface area contributed by atoms with Gasteiger partial charge in [-0.15, -0.1) is 0 Å². The summed E-state index contributed by atoms with van der Waals surface area (Å²) in [5, 5.41) is 11.6. The van der Waals surface area contributed by atoms with Crippen LogP contribution in [0.3, 0.4) is 0 Å². The molecule has 1 aliphatic carbocycles. The van der Waals surface area contributed by atoms with Crippen LogP contribution < -0.4 is 0 Å². The molecule has 0 unspecified atom stereocenters. The van der Waals surface area contributed by atoms with Crippen LogP contribution in [-0.2, 0) is 0 Å². The highest BCUT2D eigenvalue weighted by atomic mass is 16.3. The van der Waals surface area contributed by atoms with Crippen LogP contribution in [0.4, 0.5) is 0 Å². The fourth-order valence-electron chi connectivity index (χ4n) is 5.49. The van der Waals surface area contributed by atoms with Crippen molar-refractivity contribution >= 4 is 16.8 Å². The van der Waals surface area contributed by atoms with Crippen LogP contribution in [0.2, 0.25) is 0 Å². The third-order valence-corrected chi connectivity index (χ3v) is 6.89. The summed E-state index contributed by atoms with van der Waals surface area (Å²) in [6.45, 7) is 3.82. The van der Waals surface area contributed by atoms with Gasteiger partial charge in [-0.05, 0) is 62.7 Å².